The Balaban J connectivity index is 2.65. The van der Waals surface area contributed by atoms with Crippen molar-refractivity contribution < 1.29 is 4.79 Å². The highest BCUT2D eigenvalue weighted by Gasteiger charge is 2.13. The fourth-order valence-electron chi connectivity index (χ4n) is 0.903. The number of amides is 1. The van der Waals surface area contributed by atoms with Gasteiger partial charge in [0.15, 0.2) is 0 Å². The Morgan fingerprint density at radius 2 is 2.00 bits per heavy atom. The maximum Gasteiger partial charge on any atom is 0.271 e. The first kappa shape index (κ1) is 11.4. The van der Waals surface area contributed by atoms with E-state index in [4.69, 9.17) is 5.73 Å². The van der Waals surface area contributed by atoms with Gasteiger partial charge in [0.25, 0.3) is 5.91 Å². The average Bonchev–Trinajstić information content (AvgIpc) is 2.18. The van der Waals surface area contributed by atoms with Gasteiger partial charge in [0, 0.05) is 6.04 Å². The number of aromatic nitrogens is 2. The van der Waals surface area contributed by atoms with Crippen LogP contribution in [-0.4, -0.2) is 21.9 Å². The van der Waals surface area contributed by atoms with Crippen LogP contribution in [0.25, 0.3) is 0 Å². The van der Waals surface area contributed by atoms with Gasteiger partial charge in [-0.2, -0.15) is 0 Å². The number of anilines is 1. The van der Waals surface area contributed by atoms with E-state index in [2.05, 4.69) is 15.3 Å². The molecule has 1 aromatic rings. The van der Waals surface area contributed by atoms with Crippen molar-refractivity contribution in [1.29, 1.82) is 0 Å². The highest BCUT2D eigenvalue weighted by Crippen LogP contribution is 2.02. The number of nitrogens with zero attached hydrogens (tertiary/aromatic N) is 2. The van der Waals surface area contributed by atoms with Gasteiger partial charge in [0.05, 0.1) is 12.4 Å². The molecule has 0 bridgehead atoms. The zero-order valence-electron chi connectivity index (χ0n) is 9.19. The van der Waals surface area contributed by atoms with Gasteiger partial charge in [-0.1, -0.05) is 13.8 Å². The van der Waals surface area contributed by atoms with E-state index in [9.17, 15) is 4.79 Å². The molecule has 0 saturated carbocycles. The summed E-state index contributed by atoms with van der Waals surface area (Å²) in [5.41, 5.74) is 5.66. The van der Waals surface area contributed by atoms with Gasteiger partial charge < -0.3 is 11.1 Å². The minimum absolute atomic E-state index is 0.108. The molecule has 5 heteroatoms. The molecule has 0 radical (unpaired) electrons. The zero-order valence-corrected chi connectivity index (χ0v) is 9.19. The van der Waals surface area contributed by atoms with Crippen LogP contribution in [0.1, 0.15) is 31.3 Å². The molecule has 1 unspecified atom stereocenters. The van der Waals surface area contributed by atoms with Gasteiger partial charge in [-0.3, -0.25) is 4.79 Å². The number of rotatable bonds is 3. The lowest BCUT2D eigenvalue weighted by Crippen LogP contribution is -2.36. The van der Waals surface area contributed by atoms with E-state index in [-0.39, 0.29) is 17.6 Å². The monoisotopic (exact) mass is 208 g/mol. The smallest absolute Gasteiger partial charge is 0.271 e. The van der Waals surface area contributed by atoms with Crippen LogP contribution >= 0.6 is 0 Å². The number of carbonyl (C=O) groups is 1. The standard InChI is InChI=1S/C10H16N4O/c1-6(2)7(3)14-10(15)8-4-13-9(11)5-12-8/h4-7H,1-3H3,(H2,11,13)(H,14,15). The molecule has 15 heavy (non-hydrogen) atoms. The summed E-state index contributed by atoms with van der Waals surface area (Å²) in [5.74, 6) is 0.475. The first-order valence-corrected chi connectivity index (χ1v) is 4.89. The van der Waals surface area contributed by atoms with E-state index in [0.29, 0.717) is 11.7 Å². The topological polar surface area (TPSA) is 80.9 Å². The molecule has 0 fully saturated rings. The summed E-state index contributed by atoms with van der Waals surface area (Å²) in [4.78, 5) is 19.3. The molecule has 0 aliphatic carbocycles. The van der Waals surface area contributed by atoms with E-state index < -0.39 is 0 Å². The molecule has 1 heterocycles. The van der Waals surface area contributed by atoms with E-state index in [1.54, 1.807) is 0 Å². The molecule has 0 aliphatic rings. The molecule has 0 aromatic carbocycles. The second-order valence-corrected chi connectivity index (χ2v) is 3.83. The maximum atomic E-state index is 11.6. The van der Waals surface area contributed by atoms with Gasteiger partial charge in [-0.05, 0) is 12.8 Å². The van der Waals surface area contributed by atoms with Crippen molar-refractivity contribution in [3.63, 3.8) is 0 Å². The van der Waals surface area contributed by atoms with Crippen LogP contribution < -0.4 is 11.1 Å². The third-order valence-electron chi connectivity index (χ3n) is 2.26. The van der Waals surface area contributed by atoms with Crippen LogP contribution in [0, 0.1) is 5.92 Å². The van der Waals surface area contributed by atoms with Crippen LogP contribution in [0.4, 0.5) is 5.82 Å². The SMILES string of the molecule is CC(C)C(C)NC(=O)c1cnc(N)cn1. The Hall–Kier alpha value is -1.65. The first-order valence-electron chi connectivity index (χ1n) is 4.89. The van der Waals surface area contributed by atoms with Gasteiger partial charge in [0.2, 0.25) is 0 Å². The zero-order chi connectivity index (χ0) is 11.4. The number of nitrogen functional groups attached to an aromatic ring is 1. The van der Waals surface area contributed by atoms with Crippen LogP contribution in [0.3, 0.4) is 0 Å². The van der Waals surface area contributed by atoms with Gasteiger partial charge >= 0.3 is 0 Å². The third kappa shape index (κ3) is 3.19. The Morgan fingerprint density at radius 1 is 1.33 bits per heavy atom. The molecular weight excluding hydrogens is 192 g/mol. The molecule has 82 valence electrons. The highest BCUT2D eigenvalue weighted by molar-refractivity contribution is 5.92. The second-order valence-electron chi connectivity index (χ2n) is 3.83. The minimum Gasteiger partial charge on any atom is -0.382 e. The molecule has 1 aromatic heterocycles. The maximum absolute atomic E-state index is 11.6. The molecular formula is C10H16N4O. The Labute approximate surface area is 89.1 Å². The van der Waals surface area contributed by atoms with Crippen molar-refractivity contribution >= 4 is 11.7 Å². The summed E-state index contributed by atoms with van der Waals surface area (Å²) in [7, 11) is 0. The van der Waals surface area contributed by atoms with Crippen molar-refractivity contribution in [2.75, 3.05) is 5.73 Å². The molecule has 1 amide bonds. The summed E-state index contributed by atoms with van der Waals surface area (Å²) >= 11 is 0. The second kappa shape index (κ2) is 4.72. The number of hydrogen-bond acceptors (Lipinski definition) is 4. The van der Waals surface area contributed by atoms with E-state index in [0.717, 1.165) is 0 Å². The molecule has 0 saturated heterocycles. The minimum atomic E-state index is -0.219. The van der Waals surface area contributed by atoms with Gasteiger partial charge in [-0.15, -0.1) is 0 Å². The number of nitrogens with two attached hydrogens (primary N) is 1. The van der Waals surface area contributed by atoms with Crippen molar-refractivity contribution in [1.82, 2.24) is 15.3 Å². The lowest BCUT2D eigenvalue weighted by molar-refractivity contribution is 0.0925. The normalized spacial score (nSPS) is 12.5. The van der Waals surface area contributed by atoms with Crippen molar-refractivity contribution in [2.24, 2.45) is 5.92 Å². The third-order valence-corrected chi connectivity index (χ3v) is 2.26. The van der Waals surface area contributed by atoms with E-state index in [1.807, 2.05) is 20.8 Å². The van der Waals surface area contributed by atoms with Crippen LogP contribution in [-0.2, 0) is 0 Å². The average molecular weight is 208 g/mol. The molecule has 1 rings (SSSR count). The summed E-state index contributed by atoms with van der Waals surface area (Å²) in [5, 5.41) is 2.83. The summed E-state index contributed by atoms with van der Waals surface area (Å²) in [6.07, 6.45) is 2.74. The first-order chi connectivity index (χ1) is 7.00. The largest absolute Gasteiger partial charge is 0.382 e. The van der Waals surface area contributed by atoms with E-state index >= 15 is 0 Å². The summed E-state index contributed by atoms with van der Waals surface area (Å²) in [6, 6.07) is 0.108. The highest BCUT2D eigenvalue weighted by atomic mass is 16.1. The number of carbonyl (C=O) groups excluding carboxylic acids is 1. The predicted octanol–water partition coefficient (Wildman–Crippen LogP) is 0.833. The Bertz CT molecular complexity index is 334. The van der Waals surface area contributed by atoms with Gasteiger partial charge in [0.1, 0.15) is 11.5 Å². The molecule has 0 aliphatic heterocycles. The summed E-state index contributed by atoms with van der Waals surface area (Å²) in [6.45, 7) is 6.03. The van der Waals surface area contributed by atoms with Crippen molar-refractivity contribution in [2.45, 2.75) is 26.8 Å². The lowest BCUT2D eigenvalue weighted by Gasteiger charge is -2.16. The molecule has 3 N–H and O–H groups in total. The lowest BCUT2D eigenvalue weighted by atomic mass is 10.1. The Kier molecular flexibility index (Phi) is 3.60. The quantitative estimate of drug-likeness (QED) is 0.771. The van der Waals surface area contributed by atoms with Crippen LogP contribution in [0.2, 0.25) is 0 Å². The number of nitrogens with one attached hydrogen (secondary N) is 1. The Morgan fingerprint density at radius 3 is 2.47 bits per heavy atom. The van der Waals surface area contributed by atoms with Crippen LogP contribution in [0.15, 0.2) is 12.4 Å². The fraction of sp³-hybridized carbons (Fsp3) is 0.500. The van der Waals surface area contributed by atoms with Crippen LogP contribution in [0.5, 0.6) is 0 Å². The number of hydrogen-bond donors (Lipinski definition) is 2. The fourth-order valence-corrected chi connectivity index (χ4v) is 0.903. The van der Waals surface area contributed by atoms with E-state index in [1.165, 1.54) is 12.4 Å². The van der Waals surface area contributed by atoms with Crippen molar-refractivity contribution in [3.05, 3.63) is 18.1 Å². The molecule has 5 nitrogen and oxygen atoms in total. The molecule has 1 atom stereocenters. The molecule has 0 spiro atoms. The van der Waals surface area contributed by atoms with Crippen molar-refractivity contribution in [3.8, 4) is 0 Å². The van der Waals surface area contributed by atoms with Gasteiger partial charge in [-0.25, -0.2) is 9.97 Å². The predicted molar refractivity (Wildman–Crippen MR) is 58.2 cm³/mol. The summed E-state index contributed by atoms with van der Waals surface area (Å²) < 4.78 is 0.